The van der Waals surface area contributed by atoms with Crippen LogP contribution >= 0.6 is 11.8 Å². The average molecular weight is 250 g/mol. The van der Waals surface area contributed by atoms with Gasteiger partial charge in [0, 0.05) is 12.2 Å². The van der Waals surface area contributed by atoms with Crippen molar-refractivity contribution in [1.82, 2.24) is 0 Å². The van der Waals surface area contributed by atoms with E-state index in [1.54, 1.807) is 0 Å². The zero-order valence-electron chi connectivity index (χ0n) is 11.0. The minimum Gasteiger partial charge on any atom is -0.388 e. The second kappa shape index (κ2) is 4.66. The molecule has 0 aliphatic carbocycles. The summed E-state index contributed by atoms with van der Waals surface area (Å²) in [6, 6.07) is 8.39. The van der Waals surface area contributed by atoms with Crippen molar-refractivity contribution in [3.05, 3.63) is 35.4 Å². The standard InChI is InChI=1S/C15H22OS/c1-12-6-4-5-7-13(12)10-15(16)11-17-9-8-14(15,2)3/h4-7,16H,8-11H2,1-3H3. The SMILES string of the molecule is Cc1ccccc1CC1(O)CSCCC1(C)C. The Labute approximate surface area is 109 Å². The molecule has 1 unspecified atom stereocenters. The van der Waals surface area contributed by atoms with Gasteiger partial charge in [-0.25, -0.2) is 0 Å². The number of hydrogen-bond acceptors (Lipinski definition) is 2. The van der Waals surface area contributed by atoms with Crippen molar-refractivity contribution in [2.24, 2.45) is 5.41 Å². The molecule has 0 saturated carbocycles. The van der Waals surface area contributed by atoms with Crippen LogP contribution in [0, 0.1) is 12.3 Å². The molecule has 1 saturated heterocycles. The fraction of sp³-hybridized carbons (Fsp3) is 0.600. The lowest BCUT2D eigenvalue weighted by molar-refractivity contribution is -0.0513. The van der Waals surface area contributed by atoms with E-state index in [9.17, 15) is 5.11 Å². The van der Waals surface area contributed by atoms with Gasteiger partial charge in [0.1, 0.15) is 0 Å². The minimum absolute atomic E-state index is 0.0144. The Morgan fingerprint density at radius 3 is 2.65 bits per heavy atom. The summed E-state index contributed by atoms with van der Waals surface area (Å²) in [6.45, 7) is 6.53. The van der Waals surface area contributed by atoms with E-state index in [0.29, 0.717) is 0 Å². The van der Waals surface area contributed by atoms with Gasteiger partial charge in [-0.2, -0.15) is 11.8 Å². The molecule has 17 heavy (non-hydrogen) atoms. The second-order valence-electron chi connectivity index (χ2n) is 5.82. The topological polar surface area (TPSA) is 20.2 Å². The minimum atomic E-state index is -0.567. The molecule has 2 rings (SSSR count). The van der Waals surface area contributed by atoms with Crippen molar-refractivity contribution >= 4 is 11.8 Å². The van der Waals surface area contributed by atoms with Crippen LogP contribution in [0.2, 0.25) is 0 Å². The van der Waals surface area contributed by atoms with Gasteiger partial charge in [0.25, 0.3) is 0 Å². The van der Waals surface area contributed by atoms with Crippen LogP contribution in [0.25, 0.3) is 0 Å². The highest BCUT2D eigenvalue weighted by atomic mass is 32.2. The Morgan fingerprint density at radius 1 is 1.29 bits per heavy atom. The smallest absolute Gasteiger partial charge is 0.0828 e. The Balaban J connectivity index is 2.24. The van der Waals surface area contributed by atoms with Gasteiger partial charge in [0.05, 0.1) is 5.60 Å². The van der Waals surface area contributed by atoms with E-state index in [4.69, 9.17) is 0 Å². The monoisotopic (exact) mass is 250 g/mol. The molecule has 1 aliphatic heterocycles. The fourth-order valence-electron chi connectivity index (χ4n) is 2.41. The first kappa shape index (κ1) is 13.0. The van der Waals surface area contributed by atoms with E-state index in [1.807, 2.05) is 11.8 Å². The molecule has 0 radical (unpaired) electrons. The zero-order chi connectivity index (χ0) is 12.5. The van der Waals surface area contributed by atoms with Gasteiger partial charge < -0.3 is 5.11 Å². The molecule has 1 N–H and O–H groups in total. The molecule has 1 nitrogen and oxygen atoms in total. The van der Waals surface area contributed by atoms with Crippen LogP contribution in [0.15, 0.2) is 24.3 Å². The summed E-state index contributed by atoms with van der Waals surface area (Å²) in [4.78, 5) is 0. The first-order valence-electron chi connectivity index (χ1n) is 6.29. The summed E-state index contributed by atoms with van der Waals surface area (Å²) in [5.74, 6) is 2.03. The molecule has 0 bridgehead atoms. The number of aryl methyl sites for hydroxylation is 1. The van der Waals surface area contributed by atoms with Crippen LogP contribution < -0.4 is 0 Å². The molecular weight excluding hydrogens is 228 g/mol. The predicted molar refractivity (Wildman–Crippen MR) is 75.6 cm³/mol. The van der Waals surface area contributed by atoms with E-state index in [0.717, 1.165) is 18.6 Å². The molecule has 1 fully saturated rings. The van der Waals surface area contributed by atoms with E-state index in [-0.39, 0.29) is 5.41 Å². The molecular formula is C15H22OS. The molecule has 0 aromatic heterocycles. The van der Waals surface area contributed by atoms with Gasteiger partial charge in [-0.1, -0.05) is 38.1 Å². The number of aliphatic hydroxyl groups is 1. The summed E-state index contributed by atoms with van der Waals surface area (Å²) in [5, 5.41) is 11.0. The Bertz CT molecular complexity index is 400. The first-order chi connectivity index (χ1) is 7.95. The maximum atomic E-state index is 11.0. The number of benzene rings is 1. The summed E-state index contributed by atoms with van der Waals surface area (Å²) in [7, 11) is 0. The zero-order valence-corrected chi connectivity index (χ0v) is 11.8. The lowest BCUT2D eigenvalue weighted by Gasteiger charge is -2.46. The summed E-state index contributed by atoms with van der Waals surface area (Å²) in [5.41, 5.74) is 2.01. The fourth-order valence-corrected chi connectivity index (χ4v) is 4.04. The largest absolute Gasteiger partial charge is 0.388 e. The highest BCUT2D eigenvalue weighted by Gasteiger charge is 2.45. The van der Waals surface area contributed by atoms with Crippen molar-refractivity contribution in [2.45, 2.75) is 39.2 Å². The molecule has 94 valence electrons. The molecule has 1 heterocycles. The molecule has 0 amide bonds. The molecule has 1 aromatic rings. The van der Waals surface area contributed by atoms with Crippen LogP contribution in [0.4, 0.5) is 0 Å². The van der Waals surface area contributed by atoms with Crippen molar-refractivity contribution in [2.75, 3.05) is 11.5 Å². The average Bonchev–Trinajstić information content (AvgIpc) is 2.26. The third-order valence-electron chi connectivity index (χ3n) is 4.22. The number of rotatable bonds is 2. The van der Waals surface area contributed by atoms with Crippen molar-refractivity contribution in [3.63, 3.8) is 0 Å². The Hall–Kier alpha value is -0.470. The number of thioether (sulfide) groups is 1. The second-order valence-corrected chi connectivity index (χ2v) is 6.93. The quantitative estimate of drug-likeness (QED) is 0.868. The van der Waals surface area contributed by atoms with E-state index < -0.39 is 5.60 Å². The summed E-state index contributed by atoms with van der Waals surface area (Å²) in [6.07, 6.45) is 1.87. The third-order valence-corrected chi connectivity index (χ3v) is 5.39. The van der Waals surface area contributed by atoms with E-state index >= 15 is 0 Å². The predicted octanol–water partition coefficient (Wildman–Crippen LogP) is 3.43. The van der Waals surface area contributed by atoms with Crippen LogP contribution in [0.3, 0.4) is 0 Å². The van der Waals surface area contributed by atoms with Crippen molar-refractivity contribution in [3.8, 4) is 0 Å². The van der Waals surface area contributed by atoms with Gasteiger partial charge in [0.15, 0.2) is 0 Å². The van der Waals surface area contributed by atoms with Crippen molar-refractivity contribution in [1.29, 1.82) is 0 Å². The molecule has 1 aliphatic rings. The van der Waals surface area contributed by atoms with E-state index in [1.165, 1.54) is 16.9 Å². The third kappa shape index (κ3) is 2.53. The van der Waals surface area contributed by atoms with Gasteiger partial charge in [-0.05, 0) is 35.6 Å². The van der Waals surface area contributed by atoms with Gasteiger partial charge in [-0.15, -0.1) is 0 Å². The van der Waals surface area contributed by atoms with Gasteiger partial charge in [-0.3, -0.25) is 0 Å². The Kier molecular flexibility index (Phi) is 3.55. The number of hydrogen-bond donors (Lipinski definition) is 1. The van der Waals surface area contributed by atoms with Crippen LogP contribution in [0.1, 0.15) is 31.4 Å². The first-order valence-corrected chi connectivity index (χ1v) is 7.45. The lowest BCUT2D eigenvalue weighted by atomic mass is 9.70. The normalized spacial score (nSPS) is 28.0. The van der Waals surface area contributed by atoms with Crippen molar-refractivity contribution < 1.29 is 5.11 Å². The molecule has 0 spiro atoms. The molecule has 2 heteroatoms. The highest BCUT2D eigenvalue weighted by molar-refractivity contribution is 7.99. The maximum absolute atomic E-state index is 11.0. The van der Waals surface area contributed by atoms with Crippen LogP contribution in [-0.4, -0.2) is 22.2 Å². The summed E-state index contributed by atoms with van der Waals surface area (Å²) < 4.78 is 0. The maximum Gasteiger partial charge on any atom is 0.0828 e. The van der Waals surface area contributed by atoms with Crippen LogP contribution in [0.5, 0.6) is 0 Å². The highest BCUT2D eigenvalue weighted by Crippen LogP contribution is 2.44. The van der Waals surface area contributed by atoms with Crippen LogP contribution in [-0.2, 0) is 6.42 Å². The van der Waals surface area contributed by atoms with E-state index in [2.05, 4.69) is 45.0 Å². The van der Waals surface area contributed by atoms with Gasteiger partial charge in [0.2, 0.25) is 0 Å². The summed E-state index contributed by atoms with van der Waals surface area (Å²) >= 11 is 1.88. The lowest BCUT2D eigenvalue weighted by Crippen LogP contribution is -2.51. The van der Waals surface area contributed by atoms with Gasteiger partial charge >= 0.3 is 0 Å². The molecule has 1 aromatic carbocycles. The molecule has 1 atom stereocenters. The Morgan fingerprint density at radius 2 is 2.00 bits per heavy atom.